The van der Waals surface area contributed by atoms with Gasteiger partial charge in [-0.25, -0.2) is 4.39 Å². The van der Waals surface area contributed by atoms with Gasteiger partial charge < -0.3 is 11.1 Å². The molecule has 0 aliphatic heterocycles. The molecule has 0 bridgehead atoms. The van der Waals surface area contributed by atoms with Crippen molar-refractivity contribution in [3.8, 4) is 0 Å². The second kappa shape index (κ2) is 3.75. The van der Waals surface area contributed by atoms with E-state index in [0.717, 1.165) is 0 Å². The normalized spacial score (nSPS) is 11.1. The lowest BCUT2D eigenvalue weighted by molar-refractivity contribution is -0.120. The molecule has 0 unspecified atom stereocenters. The van der Waals surface area contributed by atoms with Crippen LogP contribution in [0.2, 0.25) is 0 Å². The van der Waals surface area contributed by atoms with E-state index in [-0.39, 0.29) is 11.7 Å². The summed E-state index contributed by atoms with van der Waals surface area (Å²) in [7, 11) is 0. The number of carbonyl (C=O) groups is 1. The van der Waals surface area contributed by atoms with Crippen LogP contribution in [-0.2, 0) is 4.79 Å². The molecule has 14 heavy (non-hydrogen) atoms. The zero-order valence-corrected chi connectivity index (χ0v) is 8.17. The minimum atomic E-state index is -0.936. The summed E-state index contributed by atoms with van der Waals surface area (Å²) in [6, 6.07) is 5.52. The molecule has 3 nitrogen and oxygen atoms in total. The van der Waals surface area contributed by atoms with E-state index in [1.54, 1.807) is 13.8 Å². The van der Waals surface area contributed by atoms with Gasteiger partial charge in [-0.2, -0.15) is 0 Å². The number of nitrogens with one attached hydrogen (secondary N) is 1. The third-order valence-electron chi connectivity index (χ3n) is 1.69. The molecular formula is C10H13FN2O. The standard InChI is InChI=1S/C10H13FN2O/c1-10(2,12)9(14)13-8-5-3-7(11)4-6-8/h3-6H,12H2,1-2H3,(H,13,14). The molecule has 1 amide bonds. The van der Waals surface area contributed by atoms with Crippen molar-refractivity contribution in [1.82, 2.24) is 0 Å². The summed E-state index contributed by atoms with van der Waals surface area (Å²) in [6.07, 6.45) is 0. The van der Waals surface area contributed by atoms with Gasteiger partial charge in [-0.05, 0) is 38.1 Å². The number of amides is 1. The molecule has 0 saturated carbocycles. The first-order valence-corrected chi connectivity index (χ1v) is 4.25. The second-order valence-corrected chi connectivity index (χ2v) is 3.68. The Kier molecular flexibility index (Phi) is 2.86. The molecule has 1 aromatic carbocycles. The van der Waals surface area contributed by atoms with Crippen molar-refractivity contribution < 1.29 is 9.18 Å². The predicted octanol–water partition coefficient (Wildman–Crippen LogP) is 1.50. The van der Waals surface area contributed by atoms with E-state index in [2.05, 4.69) is 5.32 Å². The molecule has 1 rings (SSSR count). The number of hydrogen-bond acceptors (Lipinski definition) is 2. The van der Waals surface area contributed by atoms with Gasteiger partial charge >= 0.3 is 0 Å². The second-order valence-electron chi connectivity index (χ2n) is 3.68. The van der Waals surface area contributed by atoms with Crippen LogP contribution in [0, 0.1) is 5.82 Å². The van der Waals surface area contributed by atoms with Crippen LogP contribution in [0.5, 0.6) is 0 Å². The van der Waals surface area contributed by atoms with Crippen molar-refractivity contribution in [2.45, 2.75) is 19.4 Å². The van der Waals surface area contributed by atoms with E-state index < -0.39 is 5.54 Å². The zero-order valence-electron chi connectivity index (χ0n) is 8.17. The Balaban J connectivity index is 2.71. The maximum absolute atomic E-state index is 12.5. The molecule has 4 heteroatoms. The largest absolute Gasteiger partial charge is 0.325 e. The quantitative estimate of drug-likeness (QED) is 0.753. The molecule has 0 aliphatic carbocycles. The monoisotopic (exact) mass is 196 g/mol. The number of halogens is 1. The highest BCUT2D eigenvalue weighted by Gasteiger charge is 2.21. The fourth-order valence-electron chi connectivity index (χ4n) is 0.825. The van der Waals surface area contributed by atoms with Crippen molar-refractivity contribution in [3.05, 3.63) is 30.1 Å². The summed E-state index contributed by atoms with van der Waals surface area (Å²) in [4.78, 5) is 11.4. The van der Waals surface area contributed by atoms with Gasteiger partial charge in [0.05, 0.1) is 5.54 Å². The molecule has 0 heterocycles. The minimum Gasteiger partial charge on any atom is -0.325 e. The maximum Gasteiger partial charge on any atom is 0.243 e. The topological polar surface area (TPSA) is 55.1 Å². The van der Waals surface area contributed by atoms with Gasteiger partial charge in [-0.3, -0.25) is 4.79 Å². The van der Waals surface area contributed by atoms with Gasteiger partial charge in [0.1, 0.15) is 5.82 Å². The Morgan fingerprint density at radius 2 is 1.86 bits per heavy atom. The summed E-state index contributed by atoms with van der Waals surface area (Å²) in [5.74, 6) is -0.640. The average Bonchev–Trinajstić information content (AvgIpc) is 2.07. The highest BCUT2D eigenvalue weighted by Crippen LogP contribution is 2.10. The molecule has 1 aromatic rings. The lowest BCUT2D eigenvalue weighted by atomic mass is 10.1. The van der Waals surface area contributed by atoms with Crippen molar-refractivity contribution >= 4 is 11.6 Å². The Labute approximate surface area is 82.1 Å². The minimum absolute atomic E-state index is 0.302. The van der Waals surface area contributed by atoms with Gasteiger partial charge in [0, 0.05) is 5.69 Å². The van der Waals surface area contributed by atoms with Gasteiger partial charge in [-0.1, -0.05) is 0 Å². The highest BCUT2D eigenvalue weighted by molar-refractivity contribution is 5.97. The lowest BCUT2D eigenvalue weighted by Crippen LogP contribution is -2.45. The molecule has 0 fully saturated rings. The fraction of sp³-hybridized carbons (Fsp3) is 0.300. The molecule has 0 spiro atoms. The van der Waals surface area contributed by atoms with E-state index in [1.807, 2.05) is 0 Å². The van der Waals surface area contributed by atoms with Crippen LogP contribution in [0.1, 0.15) is 13.8 Å². The lowest BCUT2D eigenvalue weighted by Gasteiger charge is -2.17. The molecule has 0 aromatic heterocycles. The maximum atomic E-state index is 12.5. The Morgan fingerprint density at radius 1 is 1.36 bits per heavy atom. The van der Waals surface area contributed by atoms with Crippen LogP contribution in [0.25, 0.3) is 0 Å². The van der Waals surface area contributed by atoms with Gasteiger partial charge in [0.2, 0.25) is 5.91 Å². The summed E-state index contributed by atoms with van der Waals surface area (Å²) in [5.41, 5.74) is 5.17. The third kappa shape index (κ3) is 2.81. The van der Waals surface area contributed by atoms with Crippen molar-refractivity contribution in [2.75, 3.05) is 5.32 Å². The SMILES string of the molecule is CC(C)(N)C(=O)Nc1ccc(F)cc1. The van der Waals surface area contributed by atoms with Crippen LogP contribution >= 0.6 is 0 Å². The van der Waals surface area contributed by atoms with E-state index in [1.165, 1.54) is 24.3 Å². The van der Waals surface area contributed by atoms with Crippen molar-refractivity contribution in [3.63, 3.8) is 0 Å². The molecule has 0 aliphatic rings. The number of carbonyl (C=O) groups excluding carboxylic acids is 1. The Hall–Kier alpha value is -1.42. The smallest absolute Gasteiger partial charge is 0.243 e. The van der Waals surface area contributed by atoms with Gasteiger partial charge in [0.25, 0.3) is 0 Å². The number of rotatable bonds is 2. The van der Waals surface area contributed by atoms with E-state index in [4.69, 9.17) is 5.73 Å². The van der Waals surface area contributed by atoms with Crippen molar-refractivity contribution in [2.24, 2.45) is 5.73 Å². The molecular weight excluding hydrogens is 183 g/mol. The number of anilines is 1. The van der Waals surface area contributed by atoms with E-state index in [0.29, 0.717) is 5.69 Å². The first kappa shape index (κ1) is 10.7. The van der Waals surface area contributed by atoms with Gasteiger partial charge in [0.15, 0.2) is 0 Å². The number of hydrogen-bond donors (Lipinski definition) is 2. The van der Waals surface area contributed by atoms with Crippen LogP contribution in [0.3, 0.4) is 0 Å². The van der Waals surface area contributed by atoms with Gasteiger partial charge in [-0.15, -0.1) is 0 Å². The number of nitrogens with two attached hydrogens (primary N) is 1. The summed E-state index contributed by atoms with van der Waals surface area (Å²) >= 11 is 0. The molecule has 3 N–H and O–H groups in total. The summed E-state index contributed by atoms with van der Waals surface area (Å²) in [6.45, 7) is 3.21. The van der Waals surface area contributed by atoms with Crippen LogP contribution in [0.15, 0.2) is 24.3 Å². The number of benzene rings is 1. The summed E-state index contributed by atoms with van der Waals surface area (Å²) in [5, 5.41) is 2.58. The zero-order chi connectivity index (χ0) is 10.8. The fourth-order valence-corrected chi connectivity index (χ4v) is 0.825. The molecule has 76 valence electrons. The van der Waals surface area contributed by atoms with E-state index in [9.17, 15) is 9.18 Å². The summed E-state index contributed by atoms with van der Waals surface area (Å²) < 4.78 is 12.5. The third-order valence-corrected chi connectivity index (χ3v) is 1.69. The Morgan fingerprint density at radius 3 is 2.29 bits per heavy atom. The Bertz CT molecular complexity index is 327. The average molecular weight is 196 g/mol. The van der Waals surface area contributed by atoms with Crippen LogP contribution in [-0.4, -0.2) is 11.4 Å². The molecule has 0 radical (unpaired) electrons. The predicted molar refractivity (Wildman–Crippen MR) is 53.3 cm³/mol. The molecule has 0 atom stereocenters. The van der Waals surface area contributed by atoms with E-state index >= 15 is 0 Å². The highest BCUT2D eigenvalue weighted by atomic mass is 19.1. The van der Waals surface area contributed by atoms with Crippen LogP contribution < -0.4 is 11.1 Å². The molecule has 0 saturated heterocycles. The first-order valence-electron chi connectivity index (χ1n) is 4.25. The first-order chi connectivity index (χ1) is 6.39. The van der Waals surface area contributed by atoms with Crippen molar-refractivity contribution in [1.29, 1.82) is 0 Å². The van der Waals surface area contributed by atoms with Crippen LogP contribution in [0.4, 0.5) is 10.1 Å².